The Labute approximate surface area is 180 Å². The number of anilines is 1. The maximum absolute atomic E-state index is 6.20. The van der Waals surface area contributed by atoms with Crippen LogP contribution >= 0.6 is 11.3 Å². The standard InChI is InChI=1S/C22H26N4O3S/c1-14-9-10-18(15(2)11-14)29-19-8-6-5-7-16(19)17-13-30-22(25-17)26-21(23)24-12-20(27-3)28-4/h5-11,13,20H,12H2,1-4H3,(H3,23,24,25,26). The monoisotopic (exact) mass is 426 g/mol. The van der Waals surface area contributed by atoms with Gasteiger partial charge < -0.3 is 25.3 Å². The Morgan fingerprint density at radius 2 is 1.90 bits per heavy atom. The molecule has 1 heterocycles. The number of ether oxygens (including phenoxy) is 3. The van der Waals surface area contributed by atoms with E-state index in [0.29, 0.717) is 5.13 Å². The van der Waals surface area contributed by atoms with Crippen molar-refractivity contribution in [2.45, 2.75) is 20.1 Å². The predicted molar refractivity (Wildman–Crippen MR) is 121 cm³/mol. The van der Waals surface area contributed by atoms with Gasteiger partial charge in [0.1, 0.15) is 11.5 Å². The van der Waals surface area contributed by atoms with Gasteiger partial charge in [0.25, 0.3) is 0 Å². The number of para-hydroxylation sites is 1. The molecule has 0 saturated heterocycles. The van der Waals surface area contributed by atoms with Crippen LogP contribution in [0.3, 0.4) is 0 Å². The van der Waals surface area contributed by atoms with E-state index in [9.17, 15) is 0 Å². The number of thiazole rings is 1. The average molecular weight is 427 g/mol. The van der Waals surface area contributed by atoms with Crippen molar-refractivity contribution in [3.8, 4) is 22.8 Å². The molecule has 0 aliphatic heterocycles. The van der Waals surface area contributed by atoms with Gasteiger partial charge in [-0.15, -0.1) is 11.3 Å². The van der Waals surface area contributed by atoms with Gasteiger partial charge in [0.15, 0.2) is 17.4 Å². The third-order valence-corrected chi connectivity index (χ3v) is 5.15. The second kappa shape index (κ2) is 10.2. The molecule has 0 aliphatic carbocycles. The summed E-state index contributed by atoms with van der Waals surface area (Å²) in [6.07, 6.45) is -0.438. The molecule has 0 amide bonds. The van der Waals surface area contributed by atoms with Crippen LogP contribution in [0, 0.1) is 13.8 Å². The lowest BCUT2D eigenvalue weighted by molar-refractivity contribution is -0.0936. The Morgan fingerprint density at radius 3 is 2.63 bits per heavy atom. The van der Waals surface area contributed by atoms with E-state index in [1.165, 1.54) is 16.9 Å². The highest BCUT2D eigenvalue weighted by Crippen LogP contribution is 2.35. The number of benzene rings is 2. The second-order valence-electron chi connectivity index (χ2n) is 6.66. The van der Waals surface area contributed by atoms with Gasteiger partial charge in [0.2, 0.25) is 0 Å². The number of aromatic nitrogens is 1. The first-order chi connectivity index (χ1) is 14.5. The summed E-state index contributed by atoms with van der Waals surface area (Å²) in [7, 11) is 3.11. The number of guanidine groups is 1. The number of aliphatic imine (C=N–C) groups is 1. The summed E-state index contributed by atoms with van der Waals surface area (Å²) in [6, 6.07) is 13.9. The molecule has 8 heteroatoms. The average Bonchev–Trinajstić information content (AvgIpc) is 3.19. The molecule has 3 aromatic rings. The van der Waals surface area contributed by atoms with Crippen molar-refractivity contribution in [3.63, 3.8) is 0 Å². The number of aryl methyl sites for hydroxylation is 2. The van der Waals surface area contributed by atoms with Gasteiger partial charge in [0.05, 0.1) is 12.2 Å². The lowest BCUT2D eigenvalue weighted by atomic mass is 10.1. The Bertz CT molecular complexity index is 1020. The van der Waals surface area contributed by atoms with Crippen LogP contribution in [0.5, 0.6) is 11.5 Å². The van der Waals surface area contributed by atoms with E-state index >= 15 is 0 Å². The van der Waals surface area contributed by atoms with Crippen molar-refractivity contribution >= 4 is 22.4 Å². The van der Waals surface area contributed by atoms with Crippen LogP contribution in [0.15, 0.2) is 52.8 Å². The lowest BCUT2D eigenvalue weighted by Crippen LogP contribution is -2.26. The van der Waals surface area contributed by atoms with E-state index in [4.69, 9.17) is 19.9 Å². The van der Waals surface area contributed by atoms with E-state index in [1.54, 1.807) is 14.2 Å². The molecular weight excluding hydrogens is 400 g/mol. The maximum Gasteiger partial charge on any atom is 0.195 e. The number of hydrogen-bond acceptors (Lipinski definition) is 6. The summed E-state index contributed by atoms with van der Waals surface area (Å²) in [5.74, 6) is 1.81. The molecule has 0 saturated carbocycles. The fourth-order valence-electron chi connectivity index (χ4n) is 2.82. The first-order valence-electron chi connectivity index (χ1n) is 9.42. The van der Waals surface area contributed by atoms with Crippen LogP contribution in [0.1, 0.15) is 11.1 Å². The summed E-state index contributed by atoms with van der Waals surface area (Å²) in [4.78, 5) is 8.84. The van der Waals surface area contributed by atoms with E-state index < -0.39 is 6.29 Å². The largest absolute Gasteiger partial charge is 0.456 e. The summed E-state index contributed by atoms with van der Waals surface area (Å²) in [5.41, 5.74) is 9.92. The number of methoxy groups -OCH3 is 2. The van der Waals surface area contributed by atoms with Crippen LogP contribution in [0.2, 0.25) is 0 Å². The fourth-order valence-corrected chi connectivity index (χ4v) is 3.54. The topological polar surface area (TPSA) is 91.0 Å². The highest BCUT2D eigenvalue weighted by atomic mass is 32.1. The van der Waals surface area contributed by atoms with Crippen molar-refractivity contribution in [2.75, 3.05) is 26.1 Å². The van der Waals surface area contributed by atoms with E-state index in [0.717, 1.165) is 28.3 Å². The molecule has 3 rings (SSSR count). The Kier molecular flexibility index (Phi) is 7.40. The van der Waals surface area contributed by atoms with Crippen molar-refractivity contribution in [3.05, 3.63) is 59.0 Å². The van der Waals surface area contributed by atoms with Gasteiger partial charge in [0, 0.05) is 25.2 Å². The van der Waals surface area contributed by atoms with Crippen molar-refractivity contribution in [2.24, 2.45) is 10.7 Å². The predicted octanol–water partition coefficient (Wildman–Crippen LogP) is 4.56. The summed E-state index contributed by atoms with van der Waals surface area (Å²) in [6.45, 7) is 4.39. The zero-order valence-corrected chi connectivity index (χ0v) is 18.3. The second-order valence-corrected chi connectivity index (χ2v) is 7.52. The molecule has 3 N–H and O–H groups in total. The Balaban J connectivity index is 1.76. The summed E-state index contributed by atoms with van der Waals surface area (Å²) >= 11 is 1.44. The van der Waals surface area contributed by atoms with Crippen LogP contribution in [0.25, 0.3) is 11.3 Å². The molecule has 0 fully saturated rings. The molecular formula is C22H26N4O3S. The van der Waals surface area contributed by atoms with Crippen LogP contribution < -0.4 is 15.8 Å². The van der Waals surface area contributed by atoms with Crippen LogP contribution in [-0.2, 0) is 9.47 Å². The first-order valence-corrected chi connectivity index (χ1v) is 10.3. The molecule has 0 bridgehead atoms. The molecule has 0 radical (unpaired) electrons. The zero-order chi connectivity index (χ0) is 21.5. The third-order valence-electron chi connectivity index (χ3n) is 4.39. The number of hydrogen-bond donors (Lipinski definition) is 2. The molecule has 158 valence electrons. The van der Waals surface area contributed by atoms with Gasteiger partial charge in [-0.1, -0.05) is 29.8 Å². The normalized spacial score (nSPS) is 11.7. The minimum atomic E-state index is -0.438. The fraction of sp³-hybridized carbons (Fsp3) is 0.273. The van der Waals surface area contributed by atoms with Gasteiger partial charge in [-0.25, -0.2) is 9.98 Å². The first kappa shape index (κ1) is 21.8. The smallest absolute Gasteiger partial charge is 0.195 e. The van der Waals surface area contributed by atoms with Gasteiger partial charge in [-0.2, -0.15) is 0 Å². The van der Waals surface area contributed by atoms with Crippen molar-refractivity contribution < 1.29 is 14.2 Å². The SMILES string of the molecule is COC(CN=C(N)Nc1nc(-c2ccccc2Oc2ccc(C)cc2C)cs1)OC. The molecule has 2 aromatic carbocycles. The molecule has 0 unspecified atom stereocenters. The van der Waals surface area contributed by atoms with Gasteiger partial charge in [-0.3, -0.25) is 0 Å². The number of nitrogens with two attached hydrogens (primary N) is 1. The van der Waals surface area contributed by atoms with Gasteiger partial charge in [-0.05, 0) is 37.6 Å². The quantitative estimate of drug-likeness (QED) is 0.312. The summed E-state index contributed by atoms with van der Waals surface area (Å²) in [5, 5.41) is 5.59. The van der Waals surface area contributed by atoms with E-state index in [1.807, 2.05) is 48.7 Å². The number of nitrogens with one attached hydrogen (secondary N) is 1. The summed E-state index contributed by atoms with van der Waals surface area (Å²) < 4.78 is 16.4. The highest BCUT2D eigenvalue weighted by Gasteiger charge is 2.12. The Morgan fingerprint density at radius 1 is 1.13 bits per heavy atom. The maximum atomic E-state index is 6.20. The van der Waals surface area contributed by atoms with Crippen LogP contribution in [-0.4, -0.2) is 38.0 Å². The minimum absolute atomic E-state index is 0.245. The molecule has 7 nitrogen and oxygen atoms in total. The van der Waals surface area contributed by atoms with Crippen molar-refractivity contribution in [1.82, 2.24) is 4.98 Å². The molecule has 0 spiro atoms. The zero-order valence-electron chi connectivity index (χ0n) is 17.5. The molecule has 0 atom stereocenters. The molecule has 30 heavy (non-hydrogen) atoms. The third kappa shape index (κ3) is 5.56. The highest BCUT2D eigenvalue weighted by molar-refractivity contribution is 7.14. The minimum Gasteiger partial charge on any atom is -0.456 e. The van der Waals surface area contributed by atoms with E-state index in [-0.39, 0.29) is 12.5 Å². The number of nitrogens with zero attached hydrogens (tertiary/aromatic N) is 2. The van der Waals surface area contributed by atoms with Crippen molar-refractivity contribution in [1.29, 1.82) is 0 Å². The van der Waals surface area contributed by atoms with Crippen LogP contribution in [0.4, 0.5) is 5.13 Å². The molecule has 1 aromatic heterocycles. The Hall–Kier alpha value is -2.94. The number of rotatable bonds is 8. The molecule has 0 aliphatic rings. The van der Waals surface area contributed by atoms with E-state index in [2.05, 4.69) is 28.3 Å². The lowest BCUT2D eigenvalue weighted by Gasteiger charge is -2.12. The van der Waals surface area contributed by atoms with Gasteiger partial charge >= 0.3 is 0 Å².